The molecular weight excluding hydrogens is 377 g/mol. The third-order valence-corrected chi connectivity index (χ3v) is 5.04. The fourth-order valence-corrected chi connectivity index (χ4v) is 3.60. The molecule has 0 spiro atoms. The molecule has 4 rings (SSSR count). The Kier molecular flexibility index (Phi) is 5.24. The summed E-state index contributed by atoms with van der Waals surface area (Å²) in [5, 5.41) is 0.815. The normalized spacial score (nSPS) is 14.4. The Bertz CT molecular complexity index is 1030. The molecule has 152 valence electrons. The largest absolute Gasteiger partial charge is 0.450 e. The zero-order valence-corrected chi connectivity index (χ0v) is 16.1. The van der Waals surface area contributed by atoms with Gasteiger partial charge >= 0.3 is 6.09 Å². The quantitative estimate of drug-likeness (QED) is 0.675. The molecule has 7 nitrogen and oxygen atoms in total. The minimum Gasteiger partial charge on any atom is -0.450 e. The van der Waals surface area contributed by atoms with Crippen LogP contribution < -0.4 is 0 Å². The first-order chi connectivity index (χ1) is 14.1. The van der Waals surface area contributed by atoms with Crippen LogP contribution in [0.4, 0.5) is 9.18 Å². The standard InChI is InChI=1S/C21H22FN3O4/c1-2-28-21(27)24-9-7-23(8-10-24)19(26)18-13-16-6-11-29-20(16)25(18)14-15-4-3-5-17(22)12-15/h3-6,11-13H,2,7-10,14H2,1H3. The van der Waals surface area contributed by atoms with E-state index in [0.717, 1.165) is 10.9 Å². The number of benzene rings is 1. The van der Waals surface area contributed by atoms with Crippen molar-refractivity contribution in [1.82, 2.24) is 14.4 Å². The van der Waals surface area contributed by atoms with Crippen LogP contribution in [0.1, 0.15) is 23.0 Å². The van der Waals surface area contributed by atoms with E-state index in [1.165, 1.54) is 12.1 Å². The van der Waals surface area contributed by atoms with Gasteiger partial charge in [0.25, 0.3) is 5.91 Å². The van der Waals surface area contributed by atoms with Crippen molar-refractivity contribution in [1.29, 1.82) is 0 Å². The topological polar surface area (TPSA) is 67.9 Å². The lowest BCUT2D eigenvalue weighted by Gasteiger charge is -2.34. The van der Waals surface area contributed by atoms with Crippen LogP contribution in [0.25, 0.3) is 11.1 Å². The molecule has 8 heteroatoms. The summed E-state index contributed by atoms with van der Waals surface area (Å²) in [7, 11) is 0. The number of amides is 2. The van der Waals surface area contributed by atoms with Crippen LogP contribution in [-0.2, 0) is 11.3 Å². The minimum atomic E-state index is -0.355. The zero-order valence-electron chi connectivity index (χ0n) is 16.1. The average molecular weight is 399 g/mol. The SMILES string of the molecule is CCOC(=O)N1CCN(C(=O)c2cc3ccoc3n2Cc2cccc(F)c2)CC1. The maximum Gasteiger partial charge on any atom is 0.409 e. The van der Waals surface area contributed by atoms with Crippen LogP contribution in [0, 0.1) is 5.82 Å². The van der Waals surface area contributed by atoms with Gasteiger partial charge in [-0.2, -0.15) is 0 Å². The Labute approximate surface area is 167 Å². The van der Waals surface area contributed by atoms with E-state index in [9.17, 15) is 14.0 Å². The van der Waals surface area contributed by atoms with Crippen LogP contribution >= 0.6 is 0 Å². The number of fused-ring (bicyclic) bond motifs is 1. The van der Waals surface area contributed by atoms with Crippen molar-refractivity contribution < 1.29 is 23.1 Å². The van der Waals surface area contributed by atoms with Crippen LogP contribution in [0.15, 0.2) is 47.1 Å². The van der Waals surface area contributed by atoms with Gasteiger partial charge in [0.2, 0.25) is 5.71 Å². The molecule has 1 aromatic carbocycles. The van der Waals surface area contributed by atoms with Crippen LogP contribution in [0.2, 0.25) is 0 Å². The number of hydrogen-bond donors (Lipinski definition) is 0. The second-order valence-corrected chi connectivity index (χ2v) is 6.90. The number of halogens is 1. The number of ether oxygens (including phenoxy) is 1. The molecule has 3 aromatic rings. The van der Waals surface area contributed by atoms with Crippen molar-refractivity contribution in [3.8, 4) is 0 Å². The van der Waals surface area contributed by atoms with Crippen LogP contribution in [0.5, 0.6) is 0 Å². The van der Waals surface area contributed by atoms with Gasteiger partial charge in [0.1, 0.15) is 11.5 Å². The van der Waals surface area contributed by atoms with E-state index >= 15 is 0 Å². The molecule has 0 radical (unpaired) electrons. The summed E-state index contributed by atoms with van der Waals surface area (Å²) in [4.78, 5) is 28.4. The lowest BCUT2D eigenvalue weighted by atomic mass is 10.2. The summed E-state index contributed by atoms with van der Waals surface area (Å²) >= 11 is 0. The predicted molar refractivity (Wildman–Crippen MR) is 104 cm³/mol. The summed E-state index contributed by atoms with van der Waals surface area (Å²) in [6.07, 6.45) is 1.21. The van der Waals surface area contributed by atoms with Crippen molar-refractivity contribution in [3.63, 3.8) is 0 Å². The fraction of sp³-hybridized carbons (Fsp3) is 0.333. The van der Waals surface area contributed by atoms with E-state index in [1.54, 1.807) is 45.8 Å². The number of piperazine rings is 1. The molecule has 3 heterocycles. The Balaban J connectivity index is 1.55. The van der Waals surface area contributed by atoms with Crippen molar-refractivity contribution >= 4 is 23.1 Å². The van der Waals surface area contributed by atoms with Gasteiger partial charge in [0.05, 0.1) is 19.4 Å². The highest BCUT2D eigenvalue weighted by atomic mass is 19.1. The molecule has 0 unspecified atom stereocenters. The Morgan fingerprint density at radius 3 is 2.59 bits per heavy atom. The molecule has 1 saturated heterocycles. The number of carbonyl (C=O) groups is 2. The van der Waals surface area contributed by atoms with Crippen LogP contribution in [0.3, 0.4) is 0 Å². The summed E-state index contributed by atoms with van der Waals surface area (Å²) in [5.74, 6) is -0.468. The molecule has 0 saturated carbocycles. The summed E-state index contributed by atoms with van der Waals surface area (Å²) < 4.78 is 26.0. The average Bonchev–Trinajstić information content (AvgIpc) is 3.30. The third-order valence-electron chi connectivity index (χ3n) is 5.04. The number of aromatic nitrogens is 1. The molecule has 0 bridgehead atoms. The molecule has 1 aliphatic rings. The number of nitrogens with zero attached hydrogens (tertiary/aromatic N) is 3. The van der Waals surface area contributed by atoms with Gasteiger partial charge in [0.15, 0.2) is 0 Å². The van der Waals surface area contributed by atoms with Crippen molar-refractivity contribution in [2.24, 2.45) is 0 Å². The smallest absolute Gasteiger partial charge is 0.409 e. The molecule has 1 fully saturated rings. The van der Waals surface area contributed by atoms with Gasteiger partial charge in [-0.3, -0.25) is 4.79 Å². The van der Waals surface area contributed by atoms with Gasteiger partial charge in [-0.15, -0.1) is 0 Å². The lowest BCUT2D eigenvalue weighted by Crippen LogP contribution is -2.51. The molecule has 2 aromatic heterocycles. The second kappa shape index (κ2) is 7.98. The highest BCUT2D eigenvalue weighted by Gasteiger charge is 2.28. The van der Waals surface area contributed by atoms with E-state index in [2.05, 4.69) is 0 Å². The Morgan fingerprint density at radius 1 is 1.10 bits per heavy atom. The highest BCUT2D eigenvalue weighted by molar-refractivity contribution is 5.98. The van der Waals surface area contributed by atoms with E-state index in [0.29, 0.717) is 50.7 Å². The molecule has 0 atom stereocenters. The van der Waals surface area contributed by atoms with Crippen molar-refractivity contribution in [2.45, 2.75) is 13.5 Å². The van der Waals surface area contributed by atoms with E-state index in [1.807, 2.05) is 6.07 Å². The number of furan rings is 1. The maximum absolute atomic E-state index is 13.6. The highest BCUT2D eigenvalue weighted by Crippen LogP contribution is 2.24. The fourth-order valence-electron chi connectivity index (χ4n) is 3.60. The van der Waals surface area contributed by atoms with Crippen LogP contribution in [-0.4, -0.2) is 59.2 Å². The predicted octanol–water partition coefficient (Wildman–Crippen LogP) is 3.34. The Hall–Kier alpha value is -3.29. The minimum absolute atomic E-state index is 0.142. The number of hydrogen-bond acceptors (Lipinski definition) is 4. The number of rotatable bonds is 4. The summed E-state index contributed by atoms with van der Waals surface area (Å²) in [6.45, 7) is 4.09. The van der Waals surface area contributed by atoms with Gasteiger partial charge < -0.3 is 23.5 Å². The Morgan fingerprint density at radius 2 is 1.86 bits per heavy atom. The first kappa shape index (κ1) is 19.0. The molecule has 2 amide bonds. The lowest BCUT2D eigenvalue weighted by molar-refractivity contribution is 0.0562. The molecule has 0 N–H and O–H groups in total. The first-order valence-corrected chi connectivity index (χ1v) is 9.59. The van der Waals surface area contributed by atoms with Gasteiger partial charge in [-0.05, 0) is 36.8 Å². The third kappa shape index (κ3) is 3.83. The van der Waals surface area contributed by atoms with Gasteiger partial charge in [0, 0.05) is 31.6 Å². The van der Waals surface area contributed by atoms with Gasteiger partial charge in [-0.1, -0.05) is 12.1 Å². The van der Waals surface area contributed by atoms with Crippen molar-refractivity contribution in [3.05, 3.63) is 59.7 Å². The van der Waals surface area contributed by atoms with Crippen molar-refractivity contribution in [2.75, 3.05) is 32.8 Å². The second-order valence-electron chi connectivity index (χ2n) is 6.90. The molecule has 1 aliphatic heterocycles. The molecular formula is C21H22FN3O4. The molecule has 0 aliphatic carbocycles. The number of carbonyl (C=O) groups excluding carboxylic acids is 2. The molecule has 29 heavy (non-hydrogen) atoms. The monoisotopic (exact) mass is 399 g/mol. The van der Waals surface area contributed by atoms with E-state index in [-0.39, 0.29) is 17.8 Å². The summed E-state index contributed by atoms with van der Waals surface area (Å²) in [6, 6.07) is 9.87. The van der Waals surface area contributed by atoms with E-state index in [4.69, 9.17) is 9.15 Å². The first-order valence-electron chi connectivity index (χ1n) is 9.59. The van der Waals surface area contributed by atoms with E-state index < -0.39 is 0 Å². The maximum atomic E-state index is 13.6. The zero-order chi connectivity index (χ0) is 20.4. The summed E-state index contributed by atoms with van der Waals surface area (Å²) in [5.41, 5.74) is 1.79. The van der Waals surface area contributed by atoms with Gasteiger partial charge in [-0.25, -0.2) is 9.18 Å².